The highest BCUT2D eigenvalue weighted by atomic mass is 79.9. The van der Waals surface area contributed by atoms with Crippen molar-refractivity contribution in [3.8, 4) is 0 Å². The van der Waals surface area contributed by atoms with Gasteiger partial charge in [0.05, 0.1) is 19.1 Å². The minimum absolute atomic E-state index is 0.00764. The molecule has 1 heterocycles. The Hall–Kier alpha value is -1.11. The summed E-state index contributed by atoms with van der Waals surface area (Å²) >= 11 is 3.42. The Morgan fingerprint density at radius 3 is 2.60 bits per heavy atom. The number of anilines is 1. The predicted molar refractivity (Wildman–Crippen MR) is 81.1 cm³/mol. The van der Waals surface area contributed by atoms with Gasteiger partial charge in [0.2, 0.25) is 0 Å². The quantitative estimate of drug-likeness (QED) is 0.846. The van der Waals surface area contributed by atoms with Gasteiger partial charge >= 0.3 is 5.97 Å². The minimum Gasteiger partial charge on any atom is -0.481 e. The number of carbonyl (C=O) groups is 1. The Morgan fingerprint density at radius 1 is 1.30 bits per heavy atom. The van der Waals surface area contributed by atoms with Crippen LogP contribution in [0.15, 0.2) is 28.7 Å². The zero-order chi connectivity index (χ0) is 14.5. The van der Waals surface area contributed by atoms with Crippen LogP contribution in [0.3, 0.4) is 0 Å². The predicted octanol–water partition coefficient (Wildman–Crippen LogP) is 1.41. The highest BCUT2D eigenvalue weighted by molar-refractivity contribution is 9.10. The molecule has 20 heavy (non-hydrogen) atoms. The molecule has 1 saturated heterocycles. The van der Waals surface area contributed by atoms with Crippen LogP contribution in [-0.2, 0) is 4.79 Å². The Labute approximate surface area is 126 Å². The number of aliphatic hydroxyl groups excluding tert-OH is 1. The lowest BCUT2D eigenvalue weighted by atomic mass is 10.1. The lowest BCUT2D eigenvalue weighted by Crippen LogP contribution is -2.55. The molecule has 0 aliphatic carbocycles. The van der Waals surface area contributed by atoms with Gasteiger partial charge < -0.3 is 15.1 Å². The third-order valence-corrected chi connectivity index (χ3v) is 4.15. The maximum absolute atomic E-state index is 10.7. The van der Waals surface area contributed by atoms with E-state index in [0.29, 0.717) is 6.54 Å². The average Bonchev–Trinajstić information content (AvgIpc) is 2.45. The molecule has 6 heteroatoms. The Balaban J connectivity index is 1.97. The van der Waals surface area contributed by atoms with Gasteiger partial charge in [0.15, 0.2) is 0 Å². The fourth-order valence-corrected chi connectivity index (χ4v) is 2.75. The third-order valence-electron chi connectivity index (χ3n) is 3.62. The van der Waals surface area contributed by atoms with Gasteiger partial charge in [-0.05, 0) is 24.3 Å². The second-order valence-electron chi connectivity index (χ2n) is 4.94. The molecule has 2 rings (SSSR count). The maximum atomic E-state index is 10.7. The zero-order valence-electron chi connectivity index (χ0n) is 11.2. The van der Waals surface area contributed by atoms with Crippen LogP contribution < -0.4 is 4.90 Å². The molecule has 0 unspecified atom stereocenters. The van der Waals surface area contributed by atoms with Crippen molar-refractivity contribution in [3.05, 3.63) is 28.7 Å². The molecule has 0 amide bonds. The van der Waals surface area contributed by atoms with Crippen molar-refractivity contribution < 1.29 is 15.0 Å². The van der Waals surface area contributed by atoms with Gasteiger partial charge in [-0.3, -0.25) is 9.69 Å². The first kappa shape index (κ1) is 15.3. The minimum atomic E-state index is -0.794. The highest BCUT2D eigenvalue weighted by Crippen LogP contribution is 2.21. The second kappa shape index (κ2) is 7.06. The van der Waals surface area contributed by atoms with Crippen molar-refractivity contribution in [2.24, 2.45) is 0 Å². The van der Waals surface area contributed by atoms with Crippen molar-refractivity contribution in [2.75, 3.05) is 37.7 Å². The van der Waals surface area contributed by atoms with Crippen LogP contribution in [0.4, 0.5) is 5.69 Å². The number of benzene rings is 1. The van der Waals surface area contributed by atoms with E-state index < -0.39 is 5.97 Å². The molecule has 2 N–H and O–H groups in total. The van der Waals surface area contributed by atoms with E-state index in [1.807, 2.05) is 24.3 Å². The van der Waals surface area contributed by atoms with Crippen molar-refractivity contribution in [1.29, 1.82) is 0 Å². The largest absolute Gasteiger partial charge is 0.481 e. The van der Waals surface area contributed by atoms with E-state index in [-0.39, 0.29) is 19.1 Å². The van der Waals surface area contributed by atoms with Gasteiger partial charge in [-0.25, -0.2) is 0 Å². The Kier molecular flexibility index (Phi) is 5.39. The highest BCUT2D eigenvalue weighted by Gasteiger charge is 2.26. The second-order valence-corrected chi connectivity index (χ2v) is 5.85. The van der Waals surface area contributed by atoms with Crippen LogP contribution in [0.25, 0.3) is 0 Å². The molecule has 0 bridgehead atoms. The maximum Gasteiger partial charge on any atom is 0.304 e. The molecule has 1 fully saturated rings. The lowest BCUT2D eigenvalue weighted by molar-refractivity contribution is -0.137. The van der Waals surface area contributed by atoms with E-state index in [4.69, 9.17) is 5.11 Å². The molecular weight excluding hydrogens is 324 g/mol. The molecule has 1 aliphatic rings. The molecule has 110 valence electrons. The van der Waals surface area contributed by atoms with Gasteiger partial charge in [0.1, 0.15) is 0 Å². The van der Waals surface area contributed by atoms with Gasteiger partial charge in [-0.15, -0.1) is 0 Å². The van der Waals surface area contributed by atoms with Gasteiger partial charge in [0.25, 0.3) is 0 Å². The van der Waals surface area contributed by atoms with E-state index in [9.17, 15) is 9.90 Å². The fraction of sp³-hybridized carbons (Fsp3) is 0.500. The summed E-state index contributed by atoms with van der Waals surface area (Å²) in [5, 5.41) is 18.3. The summed E-state index contributed by atoms with van der Waals surface area (Å²) in [6, 6.07) is 8.09. The molecule has 0 radical (unpaired) electrons. The SMILES string of the molecule is O=C(O)CCN1CCN(c2ccc(Br)cc2)C[C@@H]1CO. The summed E-state index contributed by atoms with van der Waals surface area (Å²) in [7, 11) is 0. The van der Waals surface area contributed by atoms with Crippen LogP contribution in [-0.4, -0.2) is 59.9 Å². The number of piperazine rings is 1. The van der Waals surface area contributed by atoms with Gasteiger partial charge in [-0.2, -0.15) is 0 Å². The number of carboxylic acids is 1. The average molecular weight is 343 g/mol. The topological polar surface area (TPSA) is 64.0 Å². The molecule has 1 aromatic carbocycles. The first-order valence-corrected chi connectivity index (χ1v) is 7.46. The first-order valence-electron chi connectivity index (χ1n) is 6.67. The molecular formula is C14H19BrN2O3. The number of rotatable bonds is 5. The third kappa shape index (κ3) is 3.94. The first-order chi connectivity index (χ1) is 9.60. The van der Waals surface area contributed by atoms with E-state index in [1.165, 1.54) is 0 Å². The number of hydrogen-bond donors (Lipinski definition) is 2. The molecule has 1 aromatic rings. The summed E-state index contributed by atoms with van der Waals surface area (Å²) in [4.78, 5) is 14.9. The van der Waals surface area contributed by atoms with E-state index >= 15 is 0 Å². The molecule has 0 saturated carbocycles. The molecule has 1 atom stereocenters. The van der Waals surface area contributed by atoms with Crippen LogP contribution in [0.1, 0.15) is 6.42 Å². The zero-order valence-corrected chi connectivity index (χ0v) is 12.8. The smallest absolute Gasteiger partial charge is 0.304 e. The van der Waals surface area contributed by atoms with E-state index in [0.717, 1.165) is 29.8 Å². The monoisotopic (exact) mass is 342 g/mol. The van der Waals surface area contributed by atoms with E-state index in [1.54, 1.807) is 0 Å². The number of nitrogens with zero attached hydrogens (tertiary/aromatic N) is 2. The molecule has 5 nitrogen and oxygen atoms in total. The van der Waals surface area contributed by atoms with Gasteiger partial charge in [0, 0.05) is 36.3 Å². The summed E-state index contributed by atoms with van der Waals surface area (Å²) in [5.41, 5.74) is 1.13. The number of aliphatic hydroxyl groups is 1. The van der Waals surface area contributed by atoms with Crippen molar-refractivity contribution in [1.82, 2.24) is 4.90 Å². The van der Waals surface area contributed by atoms with Crippen molar-refractivity contribution in [3.63, 3.8) is 0 Å². The molecule has 0 spiro atoms. The Morgan fingerprint density at radius 2 is 2.00 bits per heavy atom. The number of halogens is 1. The van der Waals surface area contributed by atoms with Crippen molar-refractivity contribution >= 4 is 27.6 Å². The number of aliphatic carboxylic acids is 1. The summed E-state index contributed by atoms with van der Waals surface area (Å²) in [5.74, 6) is -0.794. The van der Waals surface area contributed by atoms with Crippen molar-refractivity contribution in [2.45, 2.75) is 12.5 Å². The van der Waals surface area contributed by atoms with Crippen LogP contribution >= 0.6 is 15.9 Å². The fourth-order valence-electron chi connectivity index (χ4n) is 2.49. The van der Waals surface area contributed by atoms with Crippen LogP contribution in [0, 0.1) is 0 Å². The number of carboxylic acid groups (broad SMARTS) is 1. The summed E-state index contributed by atoms with van der Waals surface area (Å²) < 4.78 is 1.04. The van der Waals surface area contributed by atoms with Gasteiger partial charge in [-0.1, -0.05) is 15.9 Å². The summed E-state index contributed by atoms with van der Waals surface area (Å²) in [6.07, 6.45) is 0.120. The molecule has 1 aliphatic heterocycles. The normalized spacial score (nSPS) is 20.1. The Bertz CT molecular complexity index is 452. The van der Waals surface area contributed by atoms with Crippen LogP contribution in [0.2, 0.25) is 0 Å². The number of hydrogen-bond acceptors (Lipinski definition) is 4. The van der Waals surface area contributed by atoms with Crippen LogP contribution in [0.5, 0.6) is 0 Å². The lowest BCUT2D eigenvalue weighted by Gasteiger charge is -2.41. The van der Waals surface area contributed by atoms with E-state index in [2.05, 4.69) is 25.7 Å². The molecule has 0 aromatic heterocycles. The standard InChI is InChI=1S/C14H19BrN2O3/c15-11-1-3-12(4-2-11)17-8-7-16(6-5-14(19)20)13(9-17)10-18/h1-4,13,18H,5-10H2,(H,19,20)/t13-/m1/s1. The summed E-state index contributed by atoms with van der Waals surface area (Å²) in [6.45, 7) is 2.88.